The van der Waals surface area contributed by atoms with Gasteiger partial charge in [0.15, 0.2) is 0 Å². The first-order valence-electron chi connectivity index (χ1n) is 5.18. The van der Waals surface area contributed by atoms with Gasteiger partial charge in [-0.25, -0.2) is 0 Å². The van der Waals surface area contributed by atoms with Gasteiger partial charge in [-0.15, -0.1) is 0 Å². The highest BCUT2D eigenvalue weighted by atomic mass is 127. The first-order valence-corrected chi connectivity index (χ1v) is 6.43. The molecule has 76 valence electrons. The second kappa shape index (κ2) is 5.35. The minimum Gasteiger partial charge on any atom is -0.392 e. The molecule has 1 aliphatic carbocycles. The average Bonchev–Trinajstić information content (AvgIpc) is 2.07. The van der Waals surface area contributed by atoms with Crippen LogP contribution in [-0.2, 0) is 0 Å². The van der Waals surface area contributed by atoms with Gasteiger partial charge in [0.05, 0.1) is 6.10 Å². The molecule has 2 heteroatoms. The summed E-state index contributed by atoms with van der Waals surface area (Å²) in [5.41, 5.74) is 0.283. The van der Waals surface area contributed by atoms with Crippen molar-refractivity contribution in [2.24, 2.45) is 5.41 Å². The van der Waals surface area contributed by atoms with Crippen LogP contribution in [0.15, 0.2) is 10.2 Å². The zero-order valence-corrected chi connectivity index (χ0v) is 10.5. The minimum absolute atomic E-state index is 0.104. The van der Waals surface area contributed by atoms with E-state index in [2.05, 4.69) is 35.6 Å². The molecule has 0 aliphatic heterocycles. The van der Waals surface area contributed by atoms with E-state index < -0.39 is 0 Å². The molecule has 0 saturated heterocycles. The molecular formula is C11H19IO. The molecule has 0 radical (unpaired) electrons. The summed E-state index contributed by atoms with van der Waals surface area (Å²) < 4.78 is 2.00. The van der Waals surface area contributed by atoms with Gasteiger partial charge in [-0.2, -0.15) is 0 Å². The van der Waals surface area contributed by atoms with Crippen LogP contribution in [0.3, 0.4) is 0 Å². The van der Waals surface area contributed by atoms with Gasteiger partial charge in [-0.05, 0) is 35.2 Å². The molecule has 13 heavy (non-hydrogen) atoms. The highest BCUT2D eigenvalue weighted by molar-refractivity contribution is 14.1. The van der Waals surface area contributed by atoms with E-state index in [1.807, 2.05) is 4.08 Å². The van der Waals surface area contributed by atoms with Crippen molar-refractivity contribution in [1.29, 1.82) is 0 Å². The average molecular weight is 294 g/mol. The number of aliphatic hydroxyl groups is 1. The molecule has 0 aromatic heterocycles. The van der Waals surface area contributed by atoms with Crippen molar-refractivity contribution < 1.29 is 5.11 Å². The summed E-state index contributed by atoms with van der Waals surface area (Å²) in [4.78, 5) is 0. The third kappa shape index (κ3) is 2.69. The predicted molar refractivity (Wildman–Crippen MR) is 65.0 cm³/mol. The maximum atomic E-state index is 10.0. The molecule has 0 aromatic carbocycles. The van der Waals surface area contributed by atoms with Crippen LogP contribution in [0.4, 0.5) is 0 Å². The topological polar surface area (TPSA) is 20.2 Å². The van der Waals surface area contributed by atoms with Crippen LogP contribution < -0.4 is 0 Å². The van der Waals surface area contributed by atoms with Crippen molar-refractivity contribution in [2.45, 2.75) is 51.6 Å². The second-order valence-electron chi connectivity index (χ2n) is 4.08. The number of hydrogen-bond acceptors (Lipinski definition) is 1. The lowest BCUT2D eigenvalue weighted by Crippen LogP contribution is -2.40. The lowest BCUT2D eigenvalue weighted by atomic mass is 9.62. The van der Waals surface area contributed by atoms with E-state index in [0.29, 0.717) is 0 Å². The Labute approximate surface area is 94.7 Å². The molecule has 0 aromatic rings. The summed E-state index contributed by atoms with van der Waals surface area (Å²) in [6.45, 7) is 2.21. The van der Waals surface area contributed by atoms with Gasteiger partial charge in [-0.1, -0.05) is 48.4 Å². The molecule has 0 spiro atoms. The Morgan fingerprint density at radius 3 is 2.62 bits per heavy atom. The fourth-order valence-electron chi connectivity index (χ4n) is 2.31. The van der Waals surface area contributed by atoms with Gasteiger partial charge < -0.3 is 5.11 Å². The highest BCUT2D eigenvalue weighted by Gasteiger charge is 2.41. The first-order chi connectivity index (χ1) is 6.25. The number of aliphatic hydroxyl groups excluding tert-OH is 1. The van der Waals surface area contributed by atoms with Crippen LogP contribution >= 0.6 is 22.6 Å². The third-order valence-corrected chi connectivity index (χ3v) is 3.76. The quantitative estimate of drug-likeness (QED) is 0.767. The minimum atomic E-state index is -0.104. The van der Waals surface area contributed by atoms with Crippen molar-refractivity contribution in [2.75, 3.05) is 0 Å². The summed E-state index contributed by atoms with van der Waals surface area (Å²) in [7, 11) is 0. The van der Waals surface area contributed by atoms with Crippen LogP contribution in [0.2, 0.25) is 0 Å². The molecule has 1 fully saturated rings. The van der Waals surface area contributed by atoms with E-state index in [4.69, 9.17) is 0 Å². The highest BCUT2D eigenvalue weighted by Crippen LogP contribution is 2.48. The molecule has 1 unspecified atom stereocenters. The van der Waals surface area contributed by atoms with Gasteiger partial charge in [0, 0.05) is 0 Å². The third-order valence-electron chi connectivity index (χ3n) is 3.25. The van der Waals surface area contributed by atoms with E-state index in [0.717, 1.165) is 6.42 Å². The van der Waals surface area contributed by atoms with Gasteiger partial charge in [0.1, 0.15) is 0 Å². The van der Waals surface area contributed by atoms with Gasteiger partial charge in [0.25, 0.3) is 0 Å². The molecule has 0 heterocycles. The standard InChI is InChI=1S/C11H19IO/c1-2-6-11(7-4-8-11)10(13)5-3-9-12/h3,9-10,13H,2,4-8H2,1H3/b9-3+. The summed E-state index contributed by atoms with van der Waals surface area (Å²) in [5.74, 6) is 0. The molecule has 0 amide bonds. The largest absolute Gasteiger partial charge is 0.392 e. The molecule has 1 atom stereocenters. The molecular weight excluding hydrogens is 275 g/mol. The van der Waals surface area contributed by atoms with E-state index in [1.54, 1.807) is 0 Å². The molecule has 0 bridgehead atoms. The Morgan fingerprint density at radius 1 is 1.54 bits per heavy atom. The zero-order valence-electron chi connectivity index (χ0n) is 8.30. The van der Waals surface area contributed by atoms with Crippen molar-refractivity contribution in [1.82, 2.24) is 0 Å². The Bertz CT molecular complexity index is 173. The predicted octanol–water partition coefficient (Wildman–Crippen LogP) is 3.66. The molecule has 1 rings (SSSR count). The summed E-state index contributed by atoms with van der Waals surface area (Å²) >= 11 is 2.21. The summed E-state index contributed by atoms with van der Waals surface area (Å²) in [6.07, 6.45) is 8.98. The maximum absolute atomic E-state index is 10.0. The Balaban J connectivity index is 2.44. The van der Waals surface area contributed by atoms with Crippen LogP contribution in [0.1, 0.15) is 45.4 Å². The van der Waals surface area contributed by atoms with Crippen LogP contribution in [-0.4, -0.2) is 11.2 Å². The first kappa shape index (κ1) is 11.5. The van der Waals surface area contributed by atoms with E-state index in [1.165, 1.54) is 32.1 Å². The van der Waals surface area contributed by atoms with E-state index >= 15 is 0 Å². The van der Waals surface area contributed by atoms with Crippen molar-refractivity contribution in [3.05, 3.63) is 10.2 Å². The van der Waals surface area contributed by atoms with Crippen molar-refractivity contribution >= 4 is 22.6 Å². The smallest absolute Gasteiger partial charge is 0.0631 e. The van der Waals surface area contributed by atoms with Crippen LogP contribution in [0.25, 0.3) is 0 Å². The molecule has 1 nitrogen and oxygen atoms in total. The summed E-state index contributed by atoms with van der Waals surface area (Å²) in [5, 5.41) is 10.0. The number of hydrogen-bond donors (Lipinski definition) is 1. The lowest BCUT2D eigenvalue weighted by molar-refractivity contribution is -0.0394. The molecule has 1 aliphatic rings. The summed E-state index contributed by atoms with van der Waals surface area (Å²) in [6, 6.07) is 0. The van der Waals surface area contributed by atoms with Crippen molar-refractivity contribution in [3.63, 3.8) is 0 Å². The fraction of sp³-hybridized carbons (Fsp3) is 0.818. The normalized spacial score (nSPS) is 23.0. The zero-order chi connectivity index (χ0) is 9.73. The maximum Gasteiger partial charge on any atom is 0.0631 e. The van der Waals surface area contributed by atoms with E-state index in [-0.39, 0.29) is 11.5 Å². The molecule has 1 saturated carbocycles. The fourth-order valence-corrected chi connectivity index (χ4v) is 2.60. The Morgan fingerprint density at radius 2 is 2.23 bits per heavy atom. The van der Waals surface area contributed by atoms with E-state index in [9.17, 15) is 5.11 Å². The van der Waals surface area contributed by atoms with Crippen LogP contribution in [0, 0.1) is 5.41 Å². The van der Waals surface area contributed by atoms with Gasteiger partial charge >= 0.3 is 0 Å². The SMILES string of the molecule is CCCC1(C(O)C/C=C/I)CCC1. The monoisotopic (exact) mass is 294 g/mol. The Kier molecular flexibility index (Phi) is 4.73. The number of rotatable bonds is 5. The van der Waals surface area contributed by atoms with Gasteiger partial charge in [-0.3, -0.25) is 0 Å². The second-order valence-corrected chi connectivity index (χ2v) is 4.80. The molecule has 1 N–H and O–H groups in total. The van der Waals surface area contributed by atoms with Gasteiger partial charge in [0.2, 0.25) is 0 Å². The van der Waals surface area contributed by atoms with Crippen molar-refractivity contribution in [3.8, 4) is 0 Å². The number of halogens is 1. The lowest BCUT2D eigenvalue weighted by Gasteiger charge is -2.45. The van der Waals surface area contributed by atoms with Crippen LogP contribution in [0.5, 0.6) is 0 Å². The Hall–Kier alpha value is 0.430.